The van der Waals surface area contributed by atoms with Gasteiger partial charge in [-0.1, -0.05) is 6.07 Å². The molecule has 0 aromatic heterocycles. The molecule has 1 aromatic rings. The highest BCUT2D eigenvalue weighted by Crippen LogP contribution is 2.28. The molecule has 0 saturated carbocycles. The molecule has 0 fully saturated rings. The van der Waals surface area contributed by atoms with Crippen molar-refractivity contribution in [2.45, 2.75) is 6.42 Å². The number of carboxylic acid groups (broad SMARTS) is 1. The van der Waals surface area contributed by atoms with Crippen LogP contribution in [-0.2, 0) is 20.7 Å². The van der Waals surface area contributed by atoms with Crippen molar-refractivity contribution in [3.8, 4) is 11.5 Å². The Bertz CT molecular complexity index is 404. The number of carbonyl (C=O) groups is 1. The van der Waals surface area contributed by atoms with Gasteiger partial charge >= 0.3 is 5.97 Å². The molecule has 0 bridgehead atoms. The van der Waals surface area contributed by atoms with Gasteiger partial charge in [0.1, 0.15) is 0 Å². The smallest absolute Gasteiger partial charge is 0.307 e. The fourth-order valence-corrected chi connectivity index (χ4v) is 1.42. The van der Waals surface area contributed by atoms with Gasteiger partial charge in [0, 0.05) is 7.11 Å². The molecule has 0 heterocycles. The summed E-state index contributed by atoms with van der Waals surface area (Å²) in [6, 6.07) is 4.98. The van der Waals surface area contributed by atoms with Crippen molar-refractivity contribution in [3.63, 3.8) is 0 Å². The number of hydrogen-bond acceptors (Lipinski definition) is 5. The van der Waals surface area contributed by atoms with E-state index in [2.05, 4.69) is 0 Å². The molecule has 0 unspecified atom stereocenters. The van der Waals surface area contributed by atoms with E-state index in [0.717, 1.165) is 0 Å². The molecule has 0 aliphatic heterocycles. The second kappa shape index (κ2) is 8.34. The Morgan fingerprint density at radius 1 is 1.21 bits per heavy atom. The molecular formula is C13H18O6. The predicted octanol–water partition coefficient (Wildman–Crippen LogP) is 1.32. The lowest BCUT2D eigenvalue weighted by Gasteiger charge is -2.11. The molecule has 0 atom stereocenters. The van der Waals surface area contributed by atoms with Gasteiger partial charge in [-0.15, -0.1) is 0 Å². The molecule has 0 amide bonds. The average molecular weight is 270 g/mol. The van der Waals surface area contributed by atoms with Crippen LogP contribution in [0.4, 0.5) is 0 Å². The second-order valence-electron chi connectivity index (χ2n) is 3.72. The van der Waals surface area contributed by atoms with Crippen LogP contribution in [0.25, 0.3) is 0 Å². The van der Waals surface area contributed by atoms with Gasteiger partial charge < -0.3 is 24.1 Å². The number of benzene rings is 1. The van der Waals surface area contributed by atoms with Gasteiger partial charge in [-0.05, 0) is 17.7 Å². The first-order chi connectivity index (χ1) is 9.17. The lowest BCUT2D eigenvalue weighted by Crippen LogP contribution is -2.08. The summed E-state index contributed by atoms with van der Waals surface area (Å²) in [7, 11) is 3.09. The fraction of sp³-hybridized carbons (Fsp3) is 0.462. The summed E-state index contributed by atoms with van der Waals surface area (Å²) in [4.78, 5) is 10.6. The van der Waals surface area contributed by atoms with Crippen molar-refractivity contribution in [1.82, 2.24) is 0 Å². The first-order valence-electron chi connectivity index (χ1n) is 5.75. The first-order valence-corrected chi connectivity index (χ1v) is 5.75. The van der Waals surface area contributed by atoms with Gasteiger partial charge in [0.15, 0.2) is 18.3 Å². The molecule has 0 saturated heterocycles. The third-order valence-corrected chi connectivity index (χ3v) is 2.31. The topological polar surface area (TPSA) is 74.2 Å². The summed E-state index contributed by atoms with van der Waals surface area (Å²) in [5.74, 6) is 0.0989. The van der Waals surface area contributed by atoms with E-state index in [1.54, 1.807) is 25.3 Å². The van der Waals surface area contributed by atoms with Crippen molar-refractivity contribution in [1.29, 1.82) is 0 Å². The quantitative estimate of drug-likeness (QED) is 0.539. The molecule has 19 heavy (non-hydrogen) atoms. The Morgan fingerprint density at radius 2 is 2.00 bits per heavy atom. The minimum atomic E-state index is -0.890. The van der Waals surface area contributed by atoms with Gasteiger partial charge in [-0.2, -0.15) is 0 Å². The highest BCUT2D eigenvalue weighted by atomic mass is 16.7. The molecule has 106 valence electrons. The summed E-state index contributed by atoms with van der Waals surface area (Å²) in [6.07, 6.45) is -0.0546. The van der Waals surface area contributed by atoms with Gasteiger partial charge in [-0.25, -0.2) is 0 Å². The number of hydrogen-bond donors (Lipinski definition) is 1. The monoisotopic (exact) mass is 270 g/mol. The van der Waals surface area contributed by atoms with E-state index < -0.39 is 5.97 Å². The van der Waals surface area contributed by atoms with Crippen molar-refractivity contribution < 1.29 is 28.8 Å². The SMILES string of the molecule is COCCOCOc1ccc(CC(=O)O)cc1OC. The van der Waals surface area contributed by atoms with Gasteiger partial charge in [0.05, 0.1) is 26.7 Å². The van der Waals surface area contributed by atoms with E-state index in [1.807, 2.05) is 0 Å². The van der Waals surface area contributed by atoms with E-state index >= 15 is 0 Å². The molecule has 1 N–H and O–H groups in total. The zero-order chi connectivity index (χ0) is 14.1. The number of methoxy groups -OCH3 is 2. The summed E-state index contributed by atoms with van der Waals surface area (Å²) >= 11 is 0. The Morgan fingerprint density at radius 3 is 2.63 bits per heavy atom. The maximum atomic E-state index is 10.6. The Hall–Kier alpha value is -1.79. The third-order valence-electron chi connectivity index (χ3n) is 2.31. The van der Waals surface area contributed by atoms with Gasteiger partial charge in [0.25, 0.3) is 0 Å². The van der Waals surface area contributed by atoms with Crippen molar-refractivity contribution >= 4 is 5.97 Å². The molecular weight excluding hydrogens is 252 g/mol. The van der Waals surface area contributed by atoms with E-state index in [-0.39, 0.29) is 13.2 Å². The molecule has 1 aromatic carbocycles. The molecule has 0 aliphatic rings. The minimum absolute atomic E-state index is 0.0546. The largest absolute Gasteiger partial charge is 0.493 e. The Kier molecular flexibility index (Phi) is 6.70. The van der Waals surface area contributed by atoms with Crippen LogP contribution >= 0.6 is 0 Å². The lowest BCUT2D eigenvalue weighted by molar-refractivity contribution is -0.136. The van der Waals surface area contributed by atoms with Crippen molar-refractivity contribution in [3.05, 3.63) is 23.8 Å². The maximum absolute atomic E-state index is 10.6. The zero-order valence-corrected chi connectivity index (χ0v) is 11.0. The molecule has 6 heteroatoms. The van der Waals surface area contributed by atoms with E-state index in [1.165, 1.54) is 7.11 Å². The second-order valence-corrected chi connectivity index (χ2v) is 3.72. The number of aliphatic carboxylic acids is 1. The average Bonchev–Trinajstić information content (AvgIpc) is 2.39. The first kappa shape index (κ1) is 15.3. The van der Waals surface area contributed by atoms with Crippen LogP contribution in [0, 0.1) is 0 Å². The molecule has 0 aliphatic carbocycles. The van der Waals surface area contributed by atoms with Gasteiger partial charge in [0.2, 0.25) is 0 Å². The molecule has 0 spiro atoms. The van der Waals surface area contributed by atoms with Crippen LogP contribution in [-0.4, -0.2) is 45.3 Å². The summed E-state index contributed by atoms with van der Waals surface area (Å²) in [6.45, 7) is 1.02. The van der Waals surface area contributed by atoms with Crippen LogP contribution in [0.1, 0.15) is 5.56 Å². The number of rotatable bonds is 9. The predicted molar refractivity (Wildman–Crippen MR) is 67.7 cm³/mol. The zero-order valence-electron chi connectivity index (χ0n) is 11.0. The molecule has 6 nitrogen and oxygen atoms in total. The molecule has 0 radical (unpaired) electrons. The lowest BCUT2D eigenvalue weighted by atomic mass is 10.1. The third kappa shape index (κ3) is 5.58. The van der Waals surface area contributed by atoms with Crippen molar-refractivity contribution in [2.24, 2.45) is 0 Å². The van der Waals surface area contributed by atoms with E-state index in [9.17, 15) is 4.79 Å². The summed E-state index contributed by atoms with van der Waals surface area (Å²) < 4.78 is 20.5. The van der Waals surface area contributed by atoms with Crippen LogP contribution < -0.4 is 9.47 Å². The highest BCUT2D eigenvalue weighted by molar-refractivity contribution is 5.70. The summed E-state index contributed by atoms with van der Waals surface area (Å²) in [5, 5.41) is 8.72. The fourth-order valence-electron chi connectivity index (χ4n) is 1.42. The Labute approximate surface area is 111 Å². The van der Waals surface area contributed by atoms with Gasteiger partial charge in [-0.3, -0.25) is 4.79 Å². The normalized spacial score (nSPS) is 10.2. The minimum Gasteiger partial charge on any atom is -0.493 e. The molecule has 1 rings (SSSR count). The highest BCUT2D eigenvalue weighted by Gasteiger charge is 2.08. The van der Waals surface area contributed by atoms with E-state index in [4.69, 9.17) is 24.1 Å². The van der Waals surface area contributed by atoms with Crippen LogP contribution in [0.5, 0.6) is 11.5 Å². The summed E-state index contributed by atoms with van der Waals surface area (Å²) in [5.41, 5.74) is 0.650. The van der Waals surface area contributed by atoms with Crippen LogP contribution in [0.2, 0.25) is 0 Å². The maximum Gasteiger partial charge on any atom is 0.307 e. The van der Waals surface area contributed by atoms with Crippen LogP contribution in [0.3, 0.4) is 0 Å². The van der Waals surface area contributed by atoms with Crippen LogP contribution in [0.15, 0.2) is 18.2 Å². The Balaban J connectivity index is 2.55. The van der Waals surface area contributed by atoms with E-state index in [0.29, 0.717) is 30.3 Å². The standard InChI is InChI=1S/C13H18O6/c1-16-5-6-18-9-19-11-4-3-10(8-13(14)15)7-12(11)17-2/h3-4,7H,5-6,8-9H2,1-2H3,(H,14,15). The number of carboxylic acids is 1. The number of ether oxygens (including phenoxy) is 4. The van der Waals surface area contributed by atoms with Crippen molar-refractivity contribution in [2.75, 3.05) is 34.2 Å².